The fourth-order valence-corrected chi connectivity index (χ4v) is 5.35. The normalized spacial score (nSPS) is 37.0. The molecule has 2 unspecified atom stereocenters. The maximum Gasteiger partial charge on any atom is 0.147 e. The van der Waals surface area contributed by atoms with Crippen molar-refractivity contribution < 1.29 is 4.79 Å². The van der Waals surface area contributed by atoms with Crippen LogP contribution in [0, 0.1) is 5.92 Å². The Kier molecular flexibility index (Phi) is 2.36. The second-order valence-electron chi connectivity index (χ2n) is 6.98. The molecule has 0 aromatic heterocycles. The maximum atomic E-state index is 12.0. The van der Waals surface area contributed by atoms with Gasteiger partial charge >= 0.3 is 0 Å². The summed E-state index contributed by atoms with van der Waals surface area (Å²) >= 11 is 0. The van der Waals surface area contributed by atoms with E-state index in [1.165, 1.54) is 22.4 Å². The summed E-state index contributed by atoms with van der Waals surface area (Å²) in [6.45, 7) is 4.25. The molecule has 2 saturated heterocycles. The largest absolute Gasteiger partial charge is 0.373 e. The monoisotopic (exact) mass is 292 g/mol. The van der Waals surface area contributed by atoms with E-state index < -0.39 is 0 Å². The molecule has 0 saturated carbocycles. The maximum absolute atomic E-state index is 12.0. The molecule has 3 aliphatic heterocycles. The Bertz CT molecular complexity index is 748. The highest BCUT2D eigenvalue weighted by Crippen LogP contribution is 2.58. The highest BCUT2D eigenvalue weighted by molar-refractivity contribution is 6.01. The fraction of sp³-hybridized carbons (Fsp3) is 0.421. The van der Waals surface area contributed by atoms with Gasteiger partial charge in [-0.05, 0) is 31.4 Å². The van der Waals surface area contributed by atoms with Gasteiger partial charge in [-0.25, -0.2) is 0 Å². The minimum Gasteiger partial charge on any atom is -0.373 e. The Balaban J connectivity index is 1.84. The fourth-order valence-electron chi connectivity index (χ4n) is 5.35. The Morgan fingerprint density at radius 2 is 2.23 bits per heavy atom. The third-order valence-electron chi connectivity index (χ3n) is 6.26. The molecule has 3 nitrogen and oxygen atoms in total. The van der Waals surface area contributed by atoms with Gasteiger partial charge in [0.2, 0.25) is 0 Å². The summed E-state index contributed by atoms with van der Waals surface area (Å²) in [6.07, 6.45) is 5.55. The molecule has 5 rings (SSSR count). The molecule has 3 heteroatoms. The van der Waals surface area contributed by atoms with Crippen molar-refractivity contribution in [3.8, 4) is 0 Å². The number of carbonyl (C=O) groups is 1. The second-order valence-corrected chi connectivity index (χ2v) is 6.98. The van der Waals surface area contributed by atoms with Crippen molar-refractivity contribution >= 4 is 17.5 Å². The van der Waals surface area contributed by atoms with E-state index in [1.807, 2.05) is 0 Å². The van der Waals surface area contributed by atoms with Crippen LogP contribution in [0.1, 0.15) is 25.3 Å². The van der Waals surface area contributed by atoms with Gasteiger partial charge in [0.15, 0.2) is 0 Å². The van der Waals surface area contributed by atoms with Crippen molar-refractivity contribution in [3.63, 3.8) is 0 Å². The molecule has 0 amide bonds. The number of para-hydroxylation sites is 1. The van der Waals surface area contributed by atoms with Crippen molar-refractivity contribution in [3.05, 3.63) is 47.1 Å². The summed E-state index contributed by atoms with van der Waals surface area (Å²) in [4.78, 5) is 14.6. The van der Waals surface area contributed by atoms with Crippen molar-refractivity contribution in [1.29, 1.82) is 0 Å². The SMILES string of the molecule is CC=C1CN2CC[C@@]34Nc5ccccc5C3=C(C=O)C1CC24. The smallest absolute Gasteiger partial charge is 0.147 e. The lowest BCUT2D eigenvalue weighted by atomic mass is 9.65. The quantitative estimate of drug-likeness (QED) is 0.638. The van der Waals surface area contributed by atoms with Crippen LogP contribution in [0.5, 0.6) is 0 Å². The summed E-state index contributed by atoms with van der Waals surface area (Å²) in [6, 6.07) is 9.02. The Morgan fingerprint density at radius 1 is 1.36 bits per heavy atom. The lowest BCUT2D eigenvalue weighted by molar-refractivity contribution is -0.105. The number of fused-ring (bicyclic) bond motifs is 3. The van der Waals surface area contributed by atoms with E-state index in [9.17, 15) is 4.79 Å². The van der Waals surface area contributed by atoms with E-state index >= 15 is 0 Å². The molecule has 1 N–H and O–H groups in total. The molecular weight excluding hydrogens is 272 g/mol. The molecule has 112 valence electrons. The number of nitrogens with one attached hydrogen (secondary N) is 1. The number of nitrogens with zero attached hydrogens (tertiary/aromatic N) is 1. The number of aldehydes is 1. The molecule has 22 heavy (non-hydrogen) atoms. The number of anilines is 1. The third-order valence-corrected chi connectivity index (χ3v) is 6.26. The number of rotatable bonds is 1. The second kappa shape index (κ2) is 4.11. The van der Waals surface area contributed by atoms with Crippen molar-refractivity contribution in [2.24, 2.45) is 5.92 Å². The van der Waals surface area contributed by atoms with Crippen LogP contribution in [0.2, 0.25) is 0 Å². The number of benzene rings is 1. The van der Waals surface area contributed by atoms with Gasteiger partial charge in [-0.3, -0.25) is 9.69 Å². The first-order valence-corrected chi connectivity index (χ1v) is 8.25. The average Bonchev–Trinajstić information content (AvgIpc) is 3.09. The van der Waals surface area contributed by atoms with E-state index in [4.69, 9.17) is 0 Å². The van der Waals surface area contributed by atoms with Gasteiger partial charge in [0, 0.05) is 41.9 Å². The van der Waals surface area contributed by atoms with Crippen molar-refractivity contribution in [2.75, 3.05) is 18.4 Å². The molecule has 1 aromatic rings. The molecular formula is C19H20N2O. The number of piperidine rings is 1. The van der Waals surface area contributed by atoms with E-state index in [0.29, 0.717) is 12.0 Å². The number of hydrogen-bond acceptors (Lipinski definition) is 3. The average molecular weight is 292 g/mol. The Hall–Kier alpha value is -1.87. The van der Waals surface area contributed by atoms with Gasteiger partial charge in [-0.15, -0.1) is 0 Å². The van der Waals surface area contributed by atoms with Gasteiger partial charge < -0.3 is 5.32 Å². The zero-order chi connectivity index (χ0) is 14.9. The molecule has 1 spiro atoms. The molecule has 2 fully saturated rings. The first-order valence-electron chi connectivity index (χ1n) is 8.25. The topological polar surface area (TPSA) is 32.3 Å². The summed E-state index contributed by atoms with van der Waals surface area (Å²) in [5, 5.41) is 3.82. The molecule has 1 aromatic carbocycles. The van der Waals surface area contributed by atoms with Crippen LogP contribution >= 0.6 is 0 Å². The third kappa shape index (κ3) is 1.29. The predicted octanol–water partition coefficient (Wildman–Crippen LogP) is 2.86. The van der Waals surface area contributed by atoms with Crippen LogP contribution in [0.3, 0.4) is 0 Å². The lowest BCUT2D eigenvalue weighted by Gasteiger charge is -2.48. The van der Waals surface area contributed by atoms with Crippen LogP contribution in [0.4, 0.5) is 5.69 Å². The van der Waals surface area contributed by atoms with Gasteiger partial charge in [0.1, 0.15) is 6.29 Å². The van der Waals surface area contributed by atoms with Crippen LogP contribution in [0.25, 0.3) is 5.57 Å². The molecule has 2 bridgehead atoms. The van der Waals surface area contributed by atoms with Gasteiger partial charge in [0.05, 0.1) is 5.54 Å². The zero-order valence-corrected chi connectivity index (χ0v) is 12.8. The predicted molar refractivity (Wildman–Crippen MR) is 87.6 cm³/mol. The van der Waals surface area contributed by atoms with Crippen LogP contribution in [0.15, 0.2) is 41.5 Å². The molecule has 1 aliphatic carbocycles. The highest BCUT2D eigenvalue weighted by Gasteiger charge is 2.60. The zero-order valence-electron chi connectivity index (χ0n) is 12.8. The van der Waals surface area contributed by atoms with E-state index in [1.54, 1.807) is 0 Å². The number of hydrogen-bond donors (Lipinski definition) is 1. The van der Waals surface area contributed by atoms with E-state index in [0.717, 1.165) is 37.8 Å². The van der Waals surface area contributed by atoms with Gasteiger partial charge in [0.25, 0.3) is 0 Å². The molecule has 4 aliphatic rings. The Labute approximate surface area is 130 Å². The minimum absolute atomic E-state index is 0.0320. The highest BCUT2D eigenvalue weighted by atomic mass is 16.1. The first-order chi connectivity index (χ1) is 10.8. The van der Waals surface area contributed by atoms with E-state index in [2.05, 4.69) is 47.5 Å². The number of carbonyl (C=O) groups excluding carboxylic acids is 1. The molecule has 3 atom stereocenters. The standard InChI is InChI=1S/C19H20N2O/c1-2-12-10-21-8-7-19-17(21)9-14(12)15(11-22)18(19)13-5-3-4-6-16(13)20-19/h2-6,11,14,17,20H,7-10H2,1H3/t14?,17?,19-/m0/s1. The van der Waals surface area contributed by atoms with Crippen LogP contribution in [-0.2, 0) is 4.79 Å². The Morgan fingerprint density at radius 3 is 3.05 bits per heavy atom. The number of allylic oxidation sites excluding steroid dienone is 2. The van der Waals surface area contributed by atoms with Gasteiger partial charge in [-0.2, -0.15) is 0 Å². The van der Waals surface area contributed by atoms with Crippen LogP contribution < -0.4 is 5.32 Å². The van der Waals surface area contributed by atoms with Crippen LogP contribution in [-0.4, -0.2) is 35.9 Å². The lowest BCUT2D eigenvalue weighted by Crippen LogP contribution is -2.56. The van der Waals surface area contributed by atoms with Crippen molar-refractivity contribution in [2.45, 2.75) is 31.3 Å². The minimum atomic E-state index is -0.0320. The molecule has 3 heterocycles. The van der Waals surface area contributed by atoms with E-state index in [-0.39, 0.29) is 5.54 Å². The van der Waals surface area contributed by atoms with Crippen molar-refractivity contribution in [1.82, 2.24) is 4.90 Å². The summed E-state index contributed by atoms with van der Waals surface area (Å²) in [5.74, 6) is 0.318. The first kappa shape index (κ1) is 12.7. The summed E-state index contributed by atoms with van der Waals surface area (Å²) < 4.78 is 0. The molecule has 0 radical (unpaired) electrons. The summed E-state index contributed by atoms with van der Waals surface area (Å²) in [5.41, 5.74) is 6.16. The summed E-state index contributed by atoms with van der Waals surface area (Å²) in [7, 11) is 0. The van der Waals surface area contributed by atoms with Gasteiger partial charge in [-0.1, -0.05) is 29.8 Å².